The van der Waals surface area contributed by atoms with Gasteiger partial charge in [-0.3, -0.25) is 4.98 Å². The molecule has 0 amide bonds. The van der Waals surface area contributed by atoms with Gasteiger partial charge in [0.25, 0.3) is 0 Å². The van der Waals surface area contributed by atoms with Gasteiger partial charge in [0.15, 0.2) is 0 Å². The number of hydrogen-bond donors (Lipinski definition) is 1. The van der Waals surface area contributed by atoms with E-state index in [9.17, 15) is 5.11 Å². The van der Waals surface area contributed by atoms with Gasteiger partial charge in [0.2, 0.25) is 0 Å². The molecule has 4 rings (SSSR count). The molecule has 0 bridgehead atoms. The lowest BCUT2D eigenvalue weighted by atomic mass is 9.95. The van der Waals surface area contributed by atoms with Crippen LogP contribution in [0, 0.1) is 5.92 Å². The van der Waals surface area contributed by atoms with Gasteiger partial charge >= 0.3 is 0 Å². The van der Waals surface area contributed by atoms with E-state index in [0.29, 0.717) is 11.8 Å². The lowest BCUT2D eigenvalue weighted by Gasteiger charge is -2.11. The van der Waals surface area contributed by atoms with Crippen LogP contribution in [-0.4, -0.2) is 16.7 Å². The Balaban J connectivity index is 1.94. The first kappa shape index (κ1) is 13.0. The van der Waals surface area contributed by atoms with Crippen molar-refractivity contribution in [2.75, 3.05) is 6.61 Å². The number of benzene rings is 1. The van der Waals surface area contributed by atoms with Gasteiger partial charge in [0, 0.05) is 17.8 Å². The quantitative estimate of drug-likeness (QED) is 0.899. The van der Waals surface area contributed by atoms with Crippen LogP contribution in [0.5, 0.6) is 0 Å². The van der Waals surface area contributed by atoms with Crippen LogP contribution in [-0.2, 0) is 6.42 Å². The first-order chi connectivity index (χ1) is 10.2. The second kappa shape index (κ2) is 4.67. The van der Waals surface area contributed by atoms with E-state index in [1.807, 2.05) is 12.4 Å². The molecule has 0 fully saturated rings. The third-order valence-electron chi connectivity index (χ3n) is 5.35. The number of nitrogens with zero attached hydrogens (tertiary/aromatic N) is 1. The fraction of sp³-hybridized carbons (Fsp3) is 0.421. The van der Waals surface area contributed by atoms with Gasteiger partial charge in [0.05, 0.1) is 6.61 Å². The maximum absolute atomic E-state index is 9.69. The lowest BCUT2D eigenvalue weighted by molar-refractivity contribution is 0.319. The summed E-state index contributed by atoms with van der Waals surface area (Å²) in [4.78, 5) is 4.42. The summed E-state index contributed by atoms with van der Waals surface area (Å²) in [6.45, 7) is 4.70. The molecule has 1 N–H and O–H groups in total. The molecule has 1 unspecified atom stereocenters. The molecule has 2 atom stereocenters. The van der Waals surface area contributed by atoms with E-state index in [4.69, 9.17) is 0 Å². The molecule has 2 heteroatoms. The Bertz CT molecular complexity index is 759. The molecule has 1 aromatic carbocycles. The van der Waals surface area contributed by atoms with Gasteiger partial charge in [-0.1, -0.05) is 19.9 Å². The van der Waals surface area contributed by atoms with Crippen molar-refractivity contribution in [3.63, 3.8) is 0 Å². The van der Waals surface area contributed by atoms with Crippen molar-refractivity contribution in [3.8, 4) is 0 Å². The zero-order chi connectivity index (χ0) is 14.6. The van der Waals surface area contributed by atoms with Gasteiger partial charge < -0.3 is 5.11 Å². The molecular weight excluding hydrogens is 258 g/mol. The zero-order valence-electron chi connectivity index (χ0n) is 12.7. The average Bonchev–Trinajstić information content (AvgIpc) is 3.01. The number of hydrogen-bond acceptors (Lipinski definition) is 2. The van der Waals surface area contributed by atoms with Crippen LogP contribution in [0.15, 0.2) is 30.1 Å². The molecule has 21 heavy (non-hydrogen) atoms. The number of pyridine rings is 1. The summed E-state index contributed by atoms with van der Waals surface area (Å²) < 4.78 is 0. The molecule has 0 saturated heterocycles. The van der Waals surface area contributed by atoms with E-state index >= 15 is 0 Å². The van der Waals surface area contributed by atoms with E-state index in [2.05, 4.69) is 31.0 Å². The van der Waals surface area contributed by atoms with Gasteiger partial charge in [0.1, 0.15) is 0 Å². The fourth-order valence-corrected chi connectivity index (χ4v) is 4.17. The topological polar surface area (TPSA) is 33.1 Å². The highest BCUT2D eigenvalue weighted by atomic mass is 16.3. The van der Waals surface area contributed by atoms with Crippen LogP contribution in [0.1, 0.15) is 49.3 Å². The minimum absolute atomic E-state index is 0.193. The maximum atomic E-state index is 9.69. The Hall–Kier alpha value is -1.67. The maximum Gasteiger partial charge on any atom is 0.0650 e. The number of aliphatic hydroxyl groups is 1. The lowest BCUT2D eigenvalue weighted by Crippen LogP contribution is -1.99. The van der Waals surface area contributed by atoms with Crippen LogP contribution >= 0.6 is 0 Å². The minimum Gasteiger partial charge on any atom is -0.392 e. The largest absolute Gasteiger partial charge is 0.392 e. The van der Waals surface area contributed by atoms with Crippen molar-refractivity contribution in [2.24, 2.45) is 5.92 Å². The summed E-state index contributed by atoms with van der Waals surface area (Å²) in [5.41, 5.74) is 6.76. The first-order valence-electron chi connectivity index (χ1n) is 7.92. The van der Waals surface area contributed by atoms with Crippen molar-refractivity contribution in [2.45, 2.75) is 39.0 Å². The average molecular weight is 279 g/mol. The van der Waals surface area contributed by atoms with Crippen molar-refractivity contribution in [1.29, 1.82) is 0 Å². The van der Waals surface area contributed by atoms with Gasteiger partial charge in [-0.2, -0.15) is 0 Å². The smallest absolute Gasteiger partial charge is 0.0650 e. The Morgan fingerprint density at radius 2 is 2.05 bits per heavy atom. The summed E-state index contributed by atoms with van der Waals surface area (Å²) in [7, 11) is 0. The van der Waals surface area contributed by atoms with E-state index < -0.39 is 0 Å². The Kier molecular flexibility index (Phi) is 2.90. The summed E-state index contributed by atoms with van der Waals surface area (Å²) in [6.07, 6.45) is 7.38. The third-order valence-corrected chi connectivity index (χ3v) is 5.35. The number of aliphatic hydroxyl groups excluding tert-OH is 1. The molecule has 1 aromatic heterocycles. The van der Waals surface area contributed by atoms with Crippen LogP contribution < -0.4 is 0 Å². The van der Waals surface area contributed by atoms with E-state index in [0.717, 1.165) is 19.3 Å². The molecule has 108 valence electrons. The number of rotatable bonds is 2. The molecule has 0 radical (unpaired) electrons. The number of allylic oxidation sites excluding steroid dienone is 1. The summed E-state index contributed by atoms with van der Waals surface area (Å²) in [6, 6.07) is 4.63. The monoisotopic (exact) mass is 279 g/mol. The van der Waals surface area contributed by atoms with Crippen molar-refractivity contribution >= 4 is 16.3 Å². The predicted octanol–water partition coefficient (Wildman–Crippen LogP) is 4.07. The highest BCUT2D eigenvalue weighted by Gasteiger charge is 2.26. The van der Waals surface area contributed by atoms with E-state index in [1.165, 1.54) is 38.6 Å². The molecule has 2 aliphatic carbocycles. The molecule has 1 heterocycles. The van der Waals surface area contributed by atoms with E-state index in [-0.39, 0.29) is 6.61 Å². The molecular formula is C19H21NO. The van der Waals surface area contributed by atoms with Gasteiger partial charge in [-0.05, 0) is 70.4 Å². The predicted molar refractivity (Wildman–Crippen MR) is 86.3 cm³/mol. The van der Waals surface area contributed by atoms with Crippen molar-refractivity contribution in [3.05, 3.63) is 46.8 Å². The van der Waals surface area contributed by atoms with Crippen LogP contribution in [0.2, 0.25) is 0 Å². The molecule has 2 aromatic rings. The van der Waals surface area contributed by atoms with Crippen molar-refractivity contribution in [1.82, 2.24) is 4.98 Å². The van der Waals surface area contributed by atoms with Crippen LogP contribution in [0.25, 0.3) is 16.3 Å². The highest BCUT2D eigenvalue weighted by molar-refractivity contribution is 5.93. The summed E-state index contributed by atoms with van der Waals surface area (Å²) in [5.74, 6) is 1.08. The SMILES string of the molecule is CC1Cc2cc(C3=C(CO)[C@H](C)CC3)cc3cncc1c23. The van der Waals surface area contributed by atoms with E-state index in [1.54, 1.807) is 0 Å². The Morgan fingerprint density at radius 3 is 2.86 bits per heavy atom. The second-order valence-corrected chi connectivity index (χ2v) is 6.67. The second-order valence-electron chi connectivity index (χ2n) is 6.67. The first-order valence-corrected chi connectivity index (χ1v) is 7.92. The third kappa shape index (κ3) is 1.86. The minimum atomic E-state index is 0.193. The zero-order valence-corrected chi connectivity index (χ0v) is 12.7. The molecule has 0 saturated carbocycles. The summed E-state index contributed by atoms with van der Waals surface area (Å²) >= 11 is 0. The van der Waals surface area contributed by atoms with Crippen LogP contribution in [0.4, 0.5) is 0 Å². The number of aromatic nitrogens is 1. The molecule has 2 aliphatic rings. The fourth-order valence-electron chi connectivity index (χ4n) is 4.17. The molecule has 0 aliphatic heterocycles. The Morgan fingerprint density at radius 1 is 1.19 bits per heavy atom. The molecule has 0 spiro atoms. The normalized spacial score (nSPS) is 24.3. The van der Waals surface area contributed by atoms with Crippen molar-refractivity contribution < 1.29 is 5.11 Å². The van der Waals surface area contributed by atoms with Gasteiger partial charge in [-0.25, -0.2) is 0 Å². The standard InChI is InChI=1S/C19H21NO/c1-11-3-4-16(18(11)10-21)13-6-14-5-12(2)17-9-20-8-15(7-13)19(14)17/h6-9,11-12,21H,3-5,10H2,1-2H3/t11-,12?/m1/s1. The highest BCUT2D eigenvalue weighted by Crippen LogP contribution is 2.42. The van der Waals surface area contributed by atoms with Crippen LogP contribution in [0.3, 0.4) is 0 Å². The Labute approximate surface area is 125 Å². The van der Waals surface area contributed by atoms with Gasteiger partial charge in [-0.15, -0.1) is 0 Å². The molecule has 2 nitrogen and oxygen atoms in total. The summed E-state index contributed by atoms with van der Waals surface area (Å²) in [5, 5.41) is 12.4.